The van der Waals surface area contributed by atoms with Crippen molar-refractivity contribution in [2.45, 2.75) is 10.6 Å². The number of ether oxygens (including phenoxy) is 1. The Morgan fingerprint density at radius 1 is 1.08 bits per heavy atom. The lowest BCUT2D eigenvalue weighted by Crippen LogP contribution is -2.03. The van der Waals surface area contributed by atoms with Crippen LogP contribution in [0, 0.1) is 0 Å². The molecule has 3 aromatic rings. The SMILES string of the molecule is COc1cccc(CSc2c(O)cc(-c3ccccc3)oc2=O)c1. The number of methoxy groups -OCH3 is 1. The summed E-state index contributed by atoms with van der Waals surface area (Å²) in [6.07, 6.45) is 0. The lowest BCUT2D eigenvalue weighted by atomic mass is 10.1. The summed E-state index contributed by atoms with van der Waals surface area (Å²) in [5.74, 6) is 1.56. The molecule has 3 rings (SSSR count). The smallest absolute Gasteiger partial charge is 0.353 e. The Labute approximate surface area is 143 Å². The van der Waals surface area contributed by atoms with Crippen molar-refractivity contribution in [3.8, 4) is 22.8 Å². The van der Waals surface area contributed by atoms with Crippen LogP contribution < -0.4 is 10.4 Å². The topological polar surface area (TPSA) is 59.7 Å². The Bertz CT molecular complexity index is 887. The zero-order valence-corrected chi connectivity index (χ0v) is 13.9. The van der Waals surface area contributed by atoms with Gasteiger partial charge in [0.15, 0.2) is 0 Å². The molecule has 1 heterocycles. The first-order valence-electron chi connectivity index (χ1n) is 7.35. The van der Waals surface area contributed by atoms with E-state index in [0.29, 0.717) is 11.5 Å². The molecule has 0 aliphatic carbocycles. The molecule has 24 heavy (non-hydrogen) atoms. The minimum atomic E-state index is -0.540. The number of rotatable bonds is 5. The minimum absolute atomic E-state index is 0.0713. The van der Waals surface area contributed by atoms with Crippen molar-refractivity contribution in [1.82, 2.24) is 0 Å². The van der Waals surface area contributed by atoms with Crippen LogP contribution >= 0.6 is 11.8 Å². The molecule has 122 valence electrons. The van der Waals surface area contributed by atoms with E-state index in [1.165, 1.54) is 17.8 Å². The van der Waals surface area contributed by atoms with E-state index in [4.69, 9.17) is 9.15 Å². The van der Waals surface area contributed by atoms with Gasteiger partial charge in [0.05, 0.1) is 7.11 Å². The van der Waals surface area contributed by atoms with Crippen LogP contribution in [0.2, 0.25) is 0 Å². The number of thioether (sulfide) groups is 1. The maximum atomic E-state index is 12.2. The number of aromatic hydroxyl groups is 1. The van der Waals surface area contributed by atoms with Crippen LogP contribution in [0.5, 0.6) is 11.5 Å². The fourth-order valence-corrected chi connectivity index (χ4v) is 3.12. The molecule has 1 N–H and O–H groups in total. The second-order valence-electron chi connectivity index (χ2n) is 5.12. The summed E-state index contributed by atoms with van der Waals surface area (Å²) in [6, 6.07) is 18.3. The first-order chi connectivity index (χ1) is 11.7. The van der Waals surface area contributed by atoms with Gasteiger partial charge in [-0.15, -0.1) is 11.8 Å². The van der Waals surface area contributed by atoms with Crippen molar-refractivity contribution >= 4 is 11.8 Å². The summed E-state index contributed by atoms with van der Waals surface area (Å²) in [5.41, 5.74) is 1.20. The molecule has 0 aliphatic rings. The molecule has 0 amide bonds. The van der Waals surface area contributed by atoms with Crippen LogP contribution in [0.1, 0.15) is 5.56 Å². The van der Waals surface area contributed by atoms with E-state index < -0.39 is 5.63 Å². The normalized spacial score (nSPS) is 10.5. The van der Waals surface area contributed by atoms with Crippen LogP contribution in [-0.4, -0.2) is 12.2 Å². The summed E-state index contributed by atoms with van der Waals surface area (Å²) in [5, 5.41) is 10.2. The molecular formula is C19H16O4S. The van der Waals surface area contributed by atoms with Gasteiger partial charge in [-0.05, 0) is 17.7 Å². The first-order valence-corrected chi connectivity index (χ1v) is 8.34. The van der Waals surface area contributed by atoms with E-state index in [-0.39, 0.29) is 10.6 Å². The lowest BCUT2D eigenvalue weighted by Gasteiger charge is -2.07. The van der Waals surface area contributed by atoms with E-state index in [1.807, 2.05) is 54.6 Å². The predicted molar refractivity (Wildman–Crippen MR) is 94.6 cm³/mol. The fraction of sp³-hybridized carbons (Fsp3) is 0.105. The number of benzene rings is 2. The molecule has 5 heteroatoms. The molecule has 0 bridgehead atoms. The third-order valence-corrected chi connectivity index (χ3v) is 4.61. The van der Waals surface area contributed by atoms with E-state index in [9.17, 15) is 9.90 Å². The fourth-order valence-electron chi connectivity index (χ4n) is 2.27. The van der Waals surface area contributed by atoms with Gasteiger partial charge in [-0.2, -0.15) is 0 Å². The standard InChI is InChI=1S/C19H16O4S/c1-22-15-9-5-6-13(10-15)12-24-18-16(20)11-17(23-19(18)21)14-7-3-2-4-8-14/h2-11,20H,12H2,1H3. The highest BCUT2D eigenvalue weighted by Crippen LogP contribution is 2.31. The van der Waals surface area contributed by atoms with Crippen LogP contribution in [0.3, 0.4) is 0 Å². The van der Waals surface area contributed by atoms with Gasteiger partial charge in [0, 0.05) is 17.4 Å². The summed E-state index contributed by atoms with van der Waals surface area (Å²) >= 11 is 1.24. The zero-order chi connectivity index (χ0) is 16.9. The molecule has 0 atom stereocenters. The third kappa shape index (κ3) is 3.63. The molecular weight excluding hydrogens is 324 g/mol. The highest BCUT2D eigenvalue weighted by atomic mass is 32.2. The molecule has 0 radical (unpaired) electrons. The van der Waals surface area contributed by atoms with Crippen LogP contribution in [0.15, 0.2) is 74.8 Å². The van der Waals surface area contributed by atoms with Crippen molar-refractivity contribution in [1.29, 1.82) is 0 Å². The van der Waals surface area contributed by atoms with Crippen molar-refractivity contribution < 1.29 is 14.3 Å². The lowest BCUT2D eigenvalue weighted by molar-refractivity contribution is 0.414. The third-order valence-electron chi connectivity index (χ3n) is 3.46. The molecule has 2 aromatic carbocycles. The summed E-state index contributed by atoms with van der Waals surface area (Å²) in [4.78, 5) is 12.4. The molecule has 0 saturated carbocycles. The monoisotopic (exact) mass is 340 g/mol. The summed E-state index contributed by atoms with van der Waals surface area (Å²) in [6.45, 7) is 0. The molecule has 4 nitrogen and oxygen atoms in total. The van der Waals surface area contributed by atoms with Gasteiger partial charge in [0.25, 0.3) is 0 Å². The largest absolute Gasteiger partial charge is 0.506 e. The van der Waals surface area contributed by atoms with Gasteiger partial charge in [0.1, 0.15) is 22.2 Å². The summed E-state index contributed by atoms with van der Waals surface area (Å²) < 4.78 is 10.5. The van der Waals surface area contributed by atoms with E-state index >= 15 is 0 Å². The van der Waals surface area contributed by atoms with Gasteiger partial charge in [0.2, 0.25) is 0 Å². The predicted octanol–water partition coefficient (Wildman–Crippen LogP) is 4.31. The highest BCUT2D eigenvalue weighted by molar-refractivity contribution is 7.98. The molecule has 0 fully saturated rings. The molecule has 0 unspecified atom stereocenters. The first kappa shape index (κ1) is 16.2. The Kier molecular flexibility index (Phi) is 4.91. The molecule has 0 saturated heterocycles. The van der Waals surface area contributed by atoms with Gasteiger partial charge in [-0.3, -0.25) is 0 Å². The van der Waals surface area contributed by atoms with Gasteiger partial charge in [-0.1, -0.05) is 42.5 Å². The van der Waals surface area contributed by atoms with E-state index in [2.05, 4.69) is 0 Å². The second-order valence-corrected chi connectivity index (χ2v) is 6.10. The van der Waals surface area contributed by atoms with E-state index in [0.717, 1.165) is 16.9 Å². The Balaban J connectivity index is 1.83. The maximum Gasteiger partial charge on any atom is 0.353 e. The average molecular weight is 340 g/mol. The van der Waals surface area contributed by atoms with Gasteiger partial charge >= 0.3 is 5.63 Å². The summed E-state index contributed by atoms with van der Waals surface area (Å²) in [7, 11) is 1.61. The van der Waals surface area contributed by atoms with Crippen molar-refractivity contribution in [3.63, 3.8) is 0 Å². The second kappa shape index (κ2) is 7.27. The number of hydrogen-bond acceptors (Lipinski definition) is 5. The van der Waals surface area contributed by atoms with Crippen molar-refractivity contribution in [3.05, 3.63) is 76.6 Å². The highest BCUT2D eigenvalue weighted by Gasteiger charge is 2.13. The molecule has 1 aromatic heterocycles. The number of hydrogen-bond donors (Lipinski definition) is 1. The van der Waals surface area contributed by atoms with Gasteiger partial charge < -0.3 is 14.3 Å². The Hall–Kier alpha value is -2.66. The zero-order valence-electron chi connectivity index (χ0n) is 13.1. The van der Waals surface area contributed by atoms with Crippen LogP contribution in [0.25, 0.3) is 11.3 Å². The van der Waals surface area contributed by atoms with Gasteiger partial charge in [-0.25, -0.2) is 4.79 Å². The Morgan fingerprint density at radius 2 is 1.88 bits per heavy atom. The average Bonchev–Trinajstić information content (AvgIpc) is 2.62. The van der Waals surface area contributed by atoms with Crippen LogP contribution in [-0.2, 0) is 5.75 Å². The molecule has 0 aliphatic heterocycles. The minimum Gasteiger partial charge on any atom is -0.506 e. The van der Waals surface area contributed by atoms with Crippen molar-refractivity contribution in [2.75, 3.05) is 7.11 Å². The molecule has 0 spiro atoms. The maximum absolute atomic E-state index is 12.2. The Morgan fingerprint density at radius 3 is 2.58 bits per heavy atom. The van der Waals surface area contributed by atoms with E-state index in [1.54, 1.807) is 7.11 Å². The van der Waals surface area contributed by atoms with Crippen molar-refractivity contribution in [2.24, 2.45) is 0 Å². The quantitative estimate of drug-likeness (QED) is 0.701. The van der Waals surface area contributed by atoms with Crippen LogP contribution in [0.4, 0.5) is 0 Å².